The Morgan fingerprint density at radius 2 is 1.92 bits per heavy atom. The number of aromatic amines is 1. The molecule has 1 aliphatic carbocycles. The van der Waals surface area contributed by atoms with Crippen molar-refractivity contribution in [2.45, 2.75) is 69.6 Å². The molecule has 1 aromatic carbocycles. The number of aromatic nitrogens is 5. The molecule has 0 radical (unpaired) electrons. The van der Waals surface area contributed by atoms with E-state index in [2.05, 4.69) is 21.6 Å². The van der Waals surface area contributed by atoms with Gasteiger partial charge in [-0.1, -0.05) is 6.07 Å². The van der Waals surface area contributed by atoms with E-state index in [1.807, 2.05) is 24.4 Å². The second-order valence-electron chi connectivity index (χ2n) is 10.4. The van der Waals surface area contributed by atoms with Crippen LogP contribution in [-0.2, 0) is 13.0 Å². The Hall–Kier alpha value is -3.02. The van der Waals surface area contributed by atoms with Gasteiger partial charge in [0.1, 0.15) is 0 Å². The summed E-state index contributed by atoms with van der Waals surface area (Å²) in [4.78, 5) is 16.1. The fourth-order valence-corrected chi connectivity index (χ4v) is 6.42. The minimum atomic E-state index is -2.66. The molecule has 200 valence electrons. The number of hydrogen-bond acceptors (Lipinski definition) is 8. The van der Waals surface area contributed by atoms with Crippen molar-refractivity contribution in [3.63, 3.8) is 0 Å². The first-order valence-corrected chi connectivity index (χ1v) is 14.0. The van der Waals surface area contributed by atoms with Gasteiger partial charge < -0.3 is 10.4 Å². The standard InChI is InChI=1S/C27H31F2N7OS/c28-27(29)8-1-9-36(16-27)15-21-11-20(33-26(34-21)32-19-3-5-22(37)6-4-19)12-25-35-23-7-2-17(10-24(23)38-25)18-13-30-31-14-18/h2,7,10-11,13-14,19,22,37H,1,3-6,8-9,12,15-16H2,(H,30,31)(H,32,33,34). The first-order valence-electron chi connectivity index (χ1n) is 13.2. The number of piperidine rings is 1. The van der Waals surface area contributed by atoms with Crippen LogP contribution in [0.3, 0.4) is 0 Å². The van der Waals surface area contributed by atoms with Crippen molar-refractivity contribution in [3.05, 3.63) is 53.1 Å². The van der Waals surface area contributed by atoms with Crippen LogP contribution in [0.4, 0.5) is 14.7 Å². The highest BCUT2D eigenvalue weighted by atomic mass is 32.1. The highest BCUT2D eigenvalue weighted by molar-refractivity contribution is 7.18. The molecular weight excluding hydrogens is 508 g/mol. The zero-order chi connectivity index (χ0) is 26.1. The maximum absolute atomic E-state index is 14.0. The van der Waals surface area contributed by atoms with Gasteiger partial charge in [-0.15, -0.1) is 11.3 Å². The summed E-state index contributed by atoms with van der Waals surface area (Å²) in [6.07, 6.45) is 7.56. The lowest BCUT2D eigenvalue weighted by Gasteiger charge is -2.32. The van der Waals surface area contributed by atoms with Gasteiger partial charge in [-0.05, 0) is 62.4 Å². The summed E-state index contributed by atoms with van der Waals surface area (Å²) in [6.45, 7) is 0.749. The number of nitrogens with zero attached hydrogens (tertiary/aromatic N) is 5. The van der Waals surface area contributed by atoms with E-state index in [0.717, 1.165) is 63.4 Å². The van der Waals surface area contributed by atoms with Gasteiger partial charge in [0, 0.05) is 37.2 Å². The molecular formula is C27H31F2N7OS. The van der Waals surface area contributed by atoms with Crippen molar-refractivity contribution in [2.24, 2.45) is 0 Å². The van der Waals surface area contributed by atoms with Crippen molar-refractivity contribution in [3.8, 4) is 11.1 Å². The molecule has 0 unspecified atom stereocenters. The number of H-pyrrole nitrogens is 1. The summed E-state index contributed by atoms with van der Waals surface area (Å²) in [5.41, 5.74) is 4.58. The number of benzene rings is 1. The lowest BCUT2D eigenvalue weighted by atomic mass is 9.93. The lowest BCUT2D eigenvalue weighted by molar-refractivity contribution is -0.0663. The molecule has 3 N–H and O–H groups in total. The van der Waals surface area contributed by atoms with Crippen LogP contribution < -0.4 is 5.32 Å². The van der Waals surface area contributed by atoms with Crippen LogP contribution in [0.5, 0.6) is 0 Å². The summed E-state index contributed by atoms with van der Waals surface area (Å²) in [5, 5.41) is 21.1. The maximum atomic E-state index is 14.0. The molecule has 11 heteroatoms. The van der Waals surface area contributed by atoms with Gasteiger partial charge in [0.25, 0.3) is 5.92 Å². The van der Waals surface area contributed by atoms with Crippen molar-refractivity contribution in [2.75, 3.05) is 18.4 Å². The number of hydrogen-bond donors (Lipinski definition) is 3. The van der Waals surface area contributed by atoms with Crippen LogP contribution in [-0.4, -0.2) is 66.3 Å². The number of aliphatic hydroxyl groups excluding tert-OH is 1. The van der Waals surface area contributed by atoms with E-state index >= 15 is 0 Å². The minimum absolute atomic E-state index is 0.0568. The number of thiazole rings is 1. The predicted octanol–water partition coefficient (Wildman–Crippen LogP) is 5.01. The average molecular weight is 540 g/mol. The Bertz CT molecular complexity index is 1390. The number of nitrogens with one attached hydrogen (secondary N) is 2. The molecule has 4 aromatic rings. The highest BCUT2D eigenvalue weighted by Gasteiger charge is 2.35. The quantitative estimate of drug-likeness (QED) is 0.303. The number of likely N-dealkylation sites (tertiary alicyclic amines) is 1. The number of alkyl halides is 2. The van der Waals surface area contributed by atoms with Crippen LogP contribution >= 0.6 is 11.3 Å². The Labute approximate surface area is 223 Å². The molecule has 8 nitrogen and oxygen atoms in total. The molecule has 2 fully saturated rings. The SMILES string of the molecule is OC1CCC(Nc2nc(Cc3nc4ccc(-c5cn[nH]c5)cc4s3)cc(CN3CCCC(F)(F)C3)n2)CC1. The summed E-state index contributed by atoms with van der Waals surface area (Å²) in [5.74, 6) is -2.14. The first kappa shape index (κ1) is 25.3. The molecule has 1 saturated carbocycles. The molecule has 0 spiro atoms. The fraction of sp³-hybridized carbons (Fsp3) is 0.481. The monoisotopic (exact) mass is 539 g/mol. The maximum Gasteiger partial charge on any atom is 0.260 e. The number of rotatable bonds is 7. The average Bonchev–Trinajstić information content (AvgIpc) is 3.54. The van der Waals surface area contributed by atoms with Crippen molar-refractivity contribution >= 4 is 27.5 Å². The number of halogens is 2. The van der Waals surface area contributed by atoms with Crippen LogP contribution in [0.25, 0.3) is 21.3 Å². The lowest BCUT2D eigenvalue weighted by Crippen LogP contribution is -2.42. The van der Waals surface area contributed by atoms with Crippen LogP contribution in [0.15, 0.2) is 36.7 Å². The Morgan fingerprint density at radius 1 is 1.08 bits per heavy atom. The second-order valence-corrected chi connectivity index (χ2v) is 11.6. The zero-order valence-electron chi connectivity index (χ0n) is 21.0. The molecule has 0 bridgehead atoms. The first-order chi connectivity index (χ1) is 18.4. The summed E-state index contributed by atoms with van der Waals surface area (Å²) < 4.78 is 29.2. The van der Waals surface area contributed by atoms with E-state index in [-0.39, 0.29) is 25.1 Å². The molecule has 3 aromatic heterocycles. The van der Waals surface area contributed by atoms with Crippen LogP contribution in [0.1, 0.15) is 54.9 Å². The molecule has 1 saturated heterocycles. The summed E-state index contributed by atoms with van der Waals surface area (Å²) >= 11 is 1.63. The Morgan fingerprint density at radius 3 is 2.71 bits per heavy atom. The summed E-state index contributed by atoms with van der Waals surface area (Å²) in [6, 6.07) is 8.28. The van der Waals surface area contributed by atoms with Crippen LogP contribution in [0.2, 0.25) is 0 Å². The van der Waals surface area contributed by atoms with Gasteiger partial charge >= 0.3 is 0 Å². The molecule has 2 aliphatic rings. The normalized spacial score (nSPS) is 22.1. The van der Waals surface area contributed by atoms with Gasteiger partial charge in [0.15, 0.2) is 0 Å². The van der Waals surface area contributed by atoms with Gasteiger partial charge in [-0.3, -0.25) is 10.00 Å². The van der Waals surface area contributed by atoms with E-state index in [1.54, 1.807) is 22.4 Å². The van der Waals surface area contributed by atoms with E-state index in [1.165, 1.54) is 0 Å². The highest BCUT2D eigenvalue weighted by Crippen LogP contribution is 2.30. The van der Waals surface area contributed by atoms with Gasteiger partial charge in [0.2, 0.25) is 5.95 Å². The molecule has 1 aliphatic heterocycles. The summed E-state index contributed by atoms with van der Waals surface area (Å²) in [7, 11) is 0. The van der Waals surface area contributed by atoms with Crippen molar-refractivity contribution in [1.82, 2.24) is 30.0 Å². The third-order valence-electron chi connectivity index (χ3n) is 7.32. The van der Waals surface area contributed by atoms with Gasteiger partial charge in [0.05, 0.1) is 45.5 Å². The van der Waals surface area contributed by atoms with Gasteiger partial charge in [-0.2, -0.15) is 5.10 Å². The number of anilines is 1. The van der Waals surface area contributed by atoms with E-state index in [0.29, 0.717) is 31.9 Å². The smallest absolute Gasteiger partial charge is 0.260 e. The van der Waals surface area contributed by atoms with E-state index < -0.39 is 5.92 Å². The molecule has 0 amide bonds. The van der Waals surface area contributed by atoms with Crippen molar-refractivity contribution in [1.29, 1.82) is 0 Å². The molecule has 38 heavy (non-hydrogen) atoms. The molecule has 6 rings (SSSR count). The topological polar surface area (TPSA) is 103 Å². The third-order valence-corrected chi connectivity index (χ3v) is 8.33. The van der Waals surface area contributed by atoms with Crippen molar-refractivity contribution < 1.29 is 13.9 Å². The fourth-order valence-electron chi connectivity index (χ4n) is 5.39. The van der Waals surface area contributed by atoms with E-state index in [4.69, 9.17) is 15.0 Å². The Balaban J connectivity index is 1.25. The zero-order valence-corrected chi connectivity index (χ0v) is 21.9. The Kier molecular flexibility index (Phi) is 7.07. The van der Waals surface area contributed by atoms with Crippen LogP contribution in [0, 0.1) is 0 Å². The predicted molar refractivity (Wildman–Crippen MR) is 143 cm³/mol. The third kappa shape index (κ3) is 6.00. The molecule has 4 heterocycles. The largest absolute Gasteiger partial charge is 0.393 e. The molecule has 0 atom stereocenters. The second kappa shape index (κ2) is 10.6. The van der Waals surface area contributed by atoms with Gasteiger partial charge in [-0.25, -0.2) is 23.7 Å². The number of aliphatic hydroxyl groups is 1. The number of fused-ring (bicyclic) bond motifs is 1. The van der Waals surface area contributed by atoms with E-state index in [9.17, 15) is 13.9 Å². The minimum Gasteiger partial charge on any atom is -0.393 e.